The third kappa shape index (κ3) is 5.22. The Bertz CT molecular complexity index is 1540. The number of H-pyrrole nitrogens is 1. The van der Waals surface area contributed by atoms with Gasteiger partial charge in [-0.05, 0) is 76.5 Å². The Labute approximate surface area is 215 Å². The quantitative estimate of drug-likeness (QED) is 0.318. The number of hydrogen-bond acceptors (Lipinski definition) is 7. The van der Waals surface area contributed by atoms with Crippen molar-refractivity contribution in [3.8, 4) is 0 Å². The Kier molecular flexibility index (Phi) is 6.96. The minimum absolute atomic E-state index is 0.0879. The minimum atomic E-state index is -0.167. The van der Waals surface area contributed by atoms with Crippen LogP contribution >= 0.6 is 0 Å². The van der Waals surface area contributed by atoms with Gasteiger partial charge < -0.3 is 9.40 Å². The summed E-state index contributed by atoms with van der Waals surface area (Å²) in [6, 6.07) is 13.7. The number of furan rings is 1. The highest BCUT2D eigenvalue weighted by Gasteiger charge is 2.30. The smallest absolute Gasteiger partial charge is 0.252 e. The topological polar surface area (TPSA) is 106 Å². The minimum Gasteiger partial charge on any atom is -0.467 e. The van der Waals surface area contributed by atoms with E-state index in [4.69, 9.17) is 4.42 Å². The summed E-state index contributed by atoms with van der Waals surface area (Å²) in [5.74, 6) is 1.65. The zero-order valence-electron chi connectivity index (χ0n) is 21.5. The van der Waals surface area contributed by atoms with Crippen molar-refractivity contribution in [1.29, 1.82) is 0 Å². The van der Waals surface area contributed by atoms with Crippen LogP contribution in [0.2, 0.25) is 0 Å². The maximum Gasteiger partial charge on any atom is 0.252 e. The van der Waals surface area contributed by atoms with Gasteiger partial charge in [0.15, 0.2) is 5.82 Å². The Morgan fingerprint density at radius 3 is 2.70 bits per heavy atom. The van der Waals surface area contributed by atoms with Gasteiger partial charge >= 0.3 is 0 Å². The van der Waals surface area contributed by atoms with Gasteiger partial charge in [0.1, 0.15) is 12.3 Å². The first kappa shape index (κ1) is 24.6. The number of aromatic amines is 1. The van der Waals surface area contributed by atoms with Crippen molar-refractivity contribution in [3.63, 3.8) is 0 Å². The Morgan fingerprint density at radius 1 is 1.11 bits per heavy atom. The maximum atomic E-state index is 13.3. The summed E-state index contributed by atoms with van der Waals surface area (Å²) < 4.78 is 7.32. The Hall–Kier alpha value is -4.11. The SMILES string of the molecule is Cc1ccc2cc(CN(Cc3cccnc3)[C@H](c3nnnn3Cc3ccco3)C(C)C)c(=O)[nH]c2c1C. The van der Waals surface area contributed by atoms with Crippen molar-refractivity contribution in [2.24, 2.45) is 5.92 Å². The van der Waals surface area contributed by atoms with Crippen LogP contribution in [-0.4, -0.2) is 35.1 Å². The number of tetrazole rings is 1. The van der Waals surface area contributed by atoms with E-state index in [1.807, 2.05) is 43.5 Å². The van der Waals surface area contributed by atoms with E-state index in [0.717, 1.165) is 39.2 Å². The lowest BCUT2D eigenvalue weighted by molar-refractivity contribution is 0.125. The molecule has 5 rings (SSSR count). The molecule has 9 nitrogen and oxygen atoms in total. The molecule has 5 aromatic rings. The zero-order chi connectivity index (χ0) is 25.9. The van der Waals surface area contributed by atoms with Gasteiger partial charge in [-0.2, -0.15) is 0 Å². The summed E-state index contributed by atoms with van der Waals surface area (Å²) in [5, 5.41) is 13.7. The van der Waals surface area contributed by atoms with Crippen LogP contribution in [0.25, 0.3) is 10.9 Å². The molecule has 0 spiro atoms. The van der Waals surface area contributed by atoms with Crippen molar-refractivity contribution in [3.05, 3.63) is 105 Å². The lowest BCUT2D eigenvalue weighted by atomic mass is 9.99. The van der Waals surface area contributed by atoms with E-state index in [2.05, 4.69) is 63.3 Å². The molecule has 37 heavy (non-hydrogen) atoms. The van der Waals surface area contributed by atoms with Gasteiger partial charge in [0.05, 0.1) is 17.8 Å². The number of hydrogen-bond donors (Lipinski definition) is 1. The molecule has 4 heterocycles. The standard InChI is InChI=1S/C28H31N7O2/c1-18(2)26(27-31-32-33-35(27)17-24-8-6-12-37-24)34(15-21-7-5-11-29-14-21)16-23-13-22-10-9-19(3)20(4)25(22)30-28(23)36/h5-14,18,26H,15-17H2,1-4H3,(H,30,36)/t26-/m0/s1. The first-order valence-corrected chi connectivity index (χ1v) is 12.4. The molecule has 0 bridgehead atoms. The molecular formula is C28H31N7O2. The van der Waals surface area contributed by atoms with Gasteiger partial charge in [0.25, 0.3) is 5.56 Å². The van der Waals surface area contributed by atoms with Crippen LogP contribution in [0.3, 0.4) is 0 Å². The highest BCUT2D eigenvalue weighted by atomic mass is 16.3. The third-order valence-electron chi connectivity index (χ3n) is 6.84. The lowest BCUT2D eigenvalue weighted by Gasteiger charge is -2.33. The molecule has 0 aliphatic heterocycles. The molecule has 0 amide bonds. The number of fused-ring (bicyclic) bond motifs is 1. The van der Waals surface area contributed by atoms with Gasteiger partial charge in [-0.25, -0.2) is 4.68 Å². The summed E-state index contributed by atoms with van der Waals surface area (Å²) in [6.07, 6.45) is 5.26. The Balaban J connectivity index is 1.56. The second-order valence-electron chi connectivity index (χ2n) is 9.82. The van der Waals surface area contributed by atoms with Crippen LogP contribution in [0.5, 0.6) is 0 Å². The molecule has 0 aliphatic rings. The first-order chi connectivity index (χ1) is 17.9. The van der Waals surface area contributed by atoms with E-state index in [1.165, 1.54) is 0 Å². The summed E-state index contributed by atoms with van der Waals surface area (Å²) in [6.45, 7) is 9.80. The largest absolute Gasteiger partial charge is 0.467 e. The predicted octanol–water partition coefficient (Wildman–Crippen LogP) is 4.57. The van der Waals surface area contributed by atoms with E-state index < -0.39 is 0 Å². The zero-order valence-corrected chi connectivity index (χ0v) is 21.5. The number of aromatic nitrogens is 6. The van der Waals surface area contributed by atoms with Crippen LogP contribution in [0.1, 0.15) is 53.7 Å². The van der Waals surface area contributed by atoms with Crippen molar-refractivity contribution >= 4 is 10.9 Å². The molecular weight excluding hydrogens is 466 g/mol. The number of nitrogens with zero attached hydrogens (tertiary/aromatic N) is 6. The fourth-order valence-electron chi connectivity index (χ4n) is 4.85. The average molecular weight is 498 g/mol. The molecule has 0 saturated carbocycles. The molecule has 4 aromatic heterocycles. The highest BCUT2D eigenvalue weighted by molar-refractivity contribution is 5.83. The summed E-state index contributed by atoms with van der Waals surface area (Å²) >= 11 is 0. The molecule has 1 N–H and O–H groups in total. The number of nitrogens with one attached hydrogen (secondary N) is 1. The lowest BCUT2D eigenvalue weighted by Crippen LogP contribution is -2.35. The van der Waals surface area contributed by atoms with E-state index in [1.54, 1.807) is 17.1 Å². The van der Waals surface area contributed by atoms with Crippen LogP contribution in [-0.2, 0) is 19.6 Å². The van der Waals surface area contributed by atoms with Crippen LogP contribution in [0, 0.1) is 19.8 Å². The van der Waals surface area contributed by atoms with Crippen molar-refractivity contribution in [2.75, 3.05) is 0 Å². The summed E-state index contributed by atoms with van der Waals surface area (Å²) in [5.41, 5.74) is 4.77. The third-order valence-corrected chi connectivity index (χ3v) is 6.84. The van der Waals surface area contributed by atoms with E-state index in [9.17, 15) is 4.79 Å². The van der Waals surface area contributed by atoms with E-state index >= 15 is 0 Å². The highest BCUT2D eigenvalue weighted by Crippen LogP contribution is 2.30. The van der Waals surface area contributed by atoms with Crippen LogP contribution in [0.15, 0.2) is 70.3 Å². The van der Waals surface area contributed by atoms with Crippen LogP contribution < -0.4 is 5.56 Å². The second-order valence-corrected chi connectivity index (χ2v) is 9.82. The van der Waals surface area contributed by atoms with Crippen molar-refractivity contribution in [1.82, 2.24) is 35.1 Å². The van der Waals surface area contributed by atoms with Gasteiger partial charge in [-0.15, -0.1) is 5.10 Å². The monoisotopic (exact) mass is 497 g/mol. The van der Waals surface area contributed by atoms with Crippen molar-refractivity contribution in [2.45, 2.75) is 53.4 Å². The average Bonchev–Trinajstić information content (AvgIpc) is 3.56. The Morgan fingerprint density at radius 2 is 1.97 bits per heavy atom. The first-order valence-electron chi connectivity index (χ1n) is 12.4. The fourth-order valence-corrected chi connectivity index (χ4v) is 4.85. The number of pyridine rings is 2. The molecule has 0 aliphatic carbocycles. The molecule has 0 saturated heterocycles. The van der Waals surface area contributed by atoms with Gasteiger partial charge in [0, 0.05) is 31.0 Å². The fraction of sp³-hybridized carbons (Fsp3) is 0.321. The van der Waals surface area contributed by atoms with Gasteiger partial charge in [-0.3, -0.25) is 14.7 Å². The number of rotatable bonds is 9. The number of benzene rings is 1. The predicted molar refractivity (Wildman–Crippen MR) is 141 cm³/mol. The normalized spacial score (nSPS) is 12.6. The number of aryl methyl sites for hydroxylation is 2. The molecule has 0 fully saturated rings. The molecule has 9 heteroatoms. The molecule has 1 aromatic carbocycles. The molecule has 0 radical (unpaired) electrons. The summed E-state index contributed by atoms with van der Waals surface area (Å²) in [7, 11) is 0. The van der Waals surface area contributed by atoms with Gasteiger partial charge in [0.2, 0.25) is 0 Å². The summed E-state index contributed by atoms with van der Waals surface area (Å²) in [4.78, 5) is 23.0. The second kappa shape index (κ2) is 10.5. The van der Waals surface area contributed by atoms with E-state index in [0.29, 0.717) is 25.2 Å². The van der Waals surface area contributed by atoms with Crippen molar-refractivity contribution < 1.29 is 4.42 Å². The molecule has 1 atom stereocenters. The molecule has 0 unspecified atom stereocenters. The van der Waals surface area contributed by atoms with Crippen LogP contribution in [0.4, 0.5) is 0 Å². The maximum absolute atomic E-state index is 13.3. The van der Waals surface area contributed by atoms with E-state index in [-0.39, 0.29) is 17.5 Å². The van der Waals surface area contributed by atoms with Gasteiger partial charge in [-0.1, -0.05) is 32.0 Å². The molecule has 190 valence electrons.